The summed E-state index contributed by atoms with van der Waals surface area (Å²) >= 11 is 0. The molecule has 0 aromatic carbocycles. The molecule has 0 saturated carbocycles. The van der Waals surface area contributed by atoms with Crippen LogP contribution in [0.5, 0.6) is 0 Å². The number of esters is 2. The van der Waals surface area contributed by atoms with Crippen LogP contribution in [-0.2, 0) is 23.8 Å². The summed E-state index contributed by atoms with van der Waals surface area (Å²) in [4.78, 5) is 23.7. The van der Waals surface area contributed by atoms with Gasteiger partial charge >= 0.3 is 11.9 Å². The van der Waals surface area contributed by atoms with Crippen LogP contribution in [0.15, 0.2) is 11.8 Å². The molecule has 0 aromatic rings. The highest BCUT2D eigenvalue weighted by Gasteiger charge is 2.50. The summed E-state index contributed by atoms with van der Waals surface area (Å²) in [5, 5.41) is 0. The summed E-state index contributed by atoms with van der Waals surface area (Å²) in [5.74, 6) is -0.801. The second-order valence-corrected chi connectivity index (χ2v) is 4.41. The van der Waals surface area contributed by atoms with E-state index < -0.39 is 17.5 Å². The Morgan fingerprint density at radius 2 is 2.11 bits per heavy atom. The quantitative estimate of drug-likeness (QED) is 0.702. The molecule has 0 amide bonds. The van der Waals surface area contributed by atoms with Gasteiger partial charge in [0.1, 0.15) is 5.76 Å². The maximum Gasteiger partial charge on any atom is 0.351 e. The van der Waals surface area contributed by atoms with E-state index >= 15 is 0 Å². The third kappa shape index (κ3) is 2.83. The molecule has 1 aliphatic heterocycles. The molecule has 0 radical (unpaired) electrons. The molecule has 5 heteroatoms. The van der Waals surface area contributed by atoms with E-state index in [4.69, 9.17) is 14.2 Å². The molecule has 0 fully saturated rings. The molecule has 0 N–H and O–H groups in total. The zero-order chi connectivity index (χ0) is 13.8. The Bertz CT molecular complexity index is 358. The number of ether oxygens (including phenoxy) is 3. The van der Waals surface area contributed by atoms with E-state index in [9.17, 15) is 9.59 Å². The average Bonchev–Trinajstić information content (AvgIpc) is 2.28. The van der Waals surface area contributed by atoms with Crippen molar-refractivity contribution in [2.45, 2.75) is 39.7 Å². The molecule has 1 heterocycles. The minimum absolute atomic E-state index is 0.190. The lowest BCUT2D eigenvalue weighted by molar-refractivity contribution is -0.189. The van der Waals surface area contributed by atoms with Crippen LogP contribution in [0, 0.1) is 5.92 Å². The van der Waals surface area contributed by atoms with Crippen LogP contribution in [0.1, 0.15) is 34.1 Å². The zero-order valence-corrected chi connectivity index (χ0v) is 11.3. The summed E-state index contributed by atoms with van der Waals surface area (Å²) in [6, 6.07) is 0. The van der Waals surface area contributed by atoms with Crippen molar-refractivity contribution in [3.8, 4) is 0 Å². The maximum atomic E-state index is 12.1. The van der Waals surface area contributed by atoms with Gasteiger partial charge in [0.2, 0.25) is 5.60 Å². The van der Waals surface area contributed by atoms with Crippen molar-refractivity contribution in [1.29, 1.82) is 0 Å². The van der Waals surface area contributed by atoms with Crippen molar-refractivity contribution < 1.29 is 23.8 Å². The summed E-state index contributed by atoms with van der Waals surface area (Å²) < 4.78 is 15.6. The Labute approximate surface area is 107 Å². The Hall–Kier alpha value is -1.52. The molecule has 0 saturated heterocycles. The fraction of sp³-hybridized carbons (Fsp3) is 0.692. The third-order valence-corrected chi connectivity index (χ3v) is 2.88. The molecular weight excluding hydrogens is 236 g/mol. The average molecular weight is 256 g/mol. The number of cyclic esters (lactones) is 1. The monoisotopic (exact) mass is 256 g/mol. The number of rotatable bonds is 5. The second kappa shape index (κ2) is 5.89. The molecule has 102 valence electrons. The topological polar surface area (TPSA) is 61.8 Å². The van der Waals surface area contributed by atoms with Gasteiger partial charge in [0.15, 0.2) is 0 Å². The molecule has 0 spiro atoms. The molecule has 0 aromatic heterocycles. The van der Waals surface area contributed by atoms with Crippen LogP contribution >= 0.6 is 0 Å². The number of carbonyl (C=O) groups excluding carboxylic acids is 2. The minimum atomic E-state index is -1.27. The van der Waals surface area contributed by atoms with Crippen molar-refractivity contribution in [3.05, 3.63) is 11.8 Å². The van der Waals surface area contributed by atoms with Gasteiger partial charge in [-0.1, -0.05) is 13.8 Å². The largest absolute Gasteiger partial charge is 0.498 e. The van der Waals surface area contributed by atoms with Gasteiger partial charge in [-0.3, -0.25) is 0 Å². The molecule has 0 aliphatic carbocycles. The summed E-state index contributed by atoms with van der Waals surface area (Å²) in [6.45, 7) is 7.87. The lowest BCUT2D eigenvalue weighted by Crippen LogP contribution is -2.51. The van der Waals surface area contributed by atoms with E-state index in [-0.39, 0.29) is 18.9 Å². The van der Waals surface area contributed by atoms with Gasteiger partial charge in [0.25, 0.3) is 0 Å². The first-order chi connectivity index (χ1) is 8.46. The van der Waals surface area contributed by atoms with Gasteiger partial charge in [0, 0.05) is 5.92 Å². The number of hydrogen-bond acceptors (Lipinski definition) is 5. The minimum Gasteiger partial charge on any atom is -0.498 e. The third-order valence-electron chi connectivity index (χ3n) is 2.88. The number of carbonyl (C=O) groups is 2. The molecule has 1 rings (SSSR count). The smallest absolute Gasteiger partial charge is 0.351 e. The highest BCUT2D eigenvalue weighted by Crippen LogP contribution is 2.34. The first-order valence-electron chi connectivity index (χ1n) is 6.19. The van der Waals surface area contributed by atoms with E-state index in [2.05, 4.69) is 0 Å². The highest BCUT2D eigenvalue weighted by atomic mass is 16.6. The predicted molar refractivity (Wildman–Crippen MR) is 64.6 cm³/mol. The molecule has 5 nitrogen and oxygen atoms in total. The lowest BCUT2D eigenvalue weighted by atomic mass is 9.84. The van der Waals surface area contributed by atoms with Crippen molar-refractivity contribution in [1.82, 2.24) is 0 Å². The van der Waals surface area contributed by atoms with Crippen molar-refractivity contribution in [3.63, 3.8) is 0 Å². The van der Waals surface area contributed by atoms with Crippen LogP contribution in [0.2, 0.25) is 0 Å². The van der Waals surface area contributed by atoms with Crippen LogP contribution in [0.4, 0.5) is 0 Å². The van der Waals surface area contributed by atoms with Gasteiger partial charge < -0.3 is 14.2 Å². The Morgan fingerprint density at radius 1 is 1.44 bits per heavy atom. The van der Waals surface area contributed by atoms with E-state index in [1.54, 1.807) is 6.92 Å². The Balaban J connectivity index is 3.03. The predicted octanol–water partition coefficient (Wildman–Crippen LogP) is 1.81. The molecule has 1 atom stereocenters. The standard InChI is InChI=1S/C13H20O5/c1-5-16-10-7-11(14)18-13(8-10,9(3)4)12(15)17-6-2/h7,9H,5-6,8H2,1-4H3/t13-/m1/s1. The fourth-order valence-corrected chi connectivity index (χ4v) is 1.89. The van der Waals surface area contributed by atoms with Crippen LogP contribution in [0.25, 0.3) is 0 Å². The molecule has 1 aliphatic rings. The van der Waals surface area contributed by atoms with Crippen molar-refractivity contribution in [2.75, 3.05) is 13.2 Å². The van der Waals surface area contributed by atoms with E-state index in [0.717, 1.165) is 0 Å². The zero-order valence-electron chi connectivity index (χ0n) is 11.3. The van der Waals surface area contributed by atoms with Gasteiger partial charge in [-0.25, -0.2) is 9.59 Å². The Morgan fingerprint density at radius 3 is 2.61 bits per heavy atom. The summed E-state index contributed by atoms with van der Waals surface area (Å²) in [6.07, 6.45) is 1.51. The normalized spacial score (nSPS) is 23.4. The maximum absolute atomic E-state index is 12.1. The van der Waals surface area contributed by atoms with Crippen molar-refractivity contribution >= 4 is 11.9 Å². The summed E-state index contributed by atoms with van der Waals surface area (Å²) in [7, 11) is 0. The van der Waals surface area contributed by atoms with Crippen LogP contribution in [0.3, 0.4) is 0 Å². The van der Waals surface area contributed by atoms with E-state index in [0.29, 0.717) is 12.4 Å². The highest BCUT2D eigenvalue weighted by molar-refractivity contribution is 5.90. The first kappa shape index (κ1) is 14.5. The fourth-order valence-electron chi connectivity index (χ4n) is 1.89. The summed E-state index contributed by atoms with van der Waals surface area (Å²) in [5.41, 5.74) is -1.27. The molecule has 0 unspecified atom stereocenters. The van der Waals surface area contributed by atoms with Crippen LogP contribution in [-0.4, -0.2) is 30.8 Å². The van der Waals surface area contributed by atoms with Gasteiger partial charge in [-0.15, -0.1) is 0 Å². The Kier molecular flexibility index (Phi) is 4.76. The molecule has 18 heavy (non-hydrogen) atoms. The van der Waals surface area contributed by atoms with Gasteiger partial charge in [-0.05, 0) is 13.8 Å². The lowest BCUT2D eigenvalue weighted by Gasteiger charge is -2.36. The molecule has 0 bridgehead atoms. The van der Waals surface area contributed by atoms with E-state index in [1.807, 2.05) is 20.8 Å². The van der Waals surface area contributed by atoms with Crippen LogP contribution < -0.4 is 0 Å². The number of hydrogen-bond donors (Lipinski definition) is 0. The SMILES string of the molecule is CCOC(=O)[C@]1(C(C)C)CC(OCC)=CC(=O)O1. The first-order valence-corrected chi connectivity index (χ1v) is 6.19. The van der Waals surface area contributed by atoms with Crippen molar-refractivity contribution in [2.24, 2.45) is 5.92 Å². The molecular formula is C13H20O5. The van der Waals surface area contributed by atoms with E-state index in [1.165, 1.54) is 6.08 Å². The van der Waals surface area contributed by atoms with Gasteiger partial charge in [-0.2, -0.15) is 0 Å². The second-order valence-electron chi connectivity index (χ2n) is 4.41. The van der Waals surface area contributed by atoms with Gasteiger partial charge in [0.05, 0.1) is 25.7 Å².